The summed E-state index contributed by atoms with van der Waals surface area (Å²) in [6.45, 7) is 17.1. The van der Waals surface area contributed by atoms with E-state index in [4.69, 9.17) is 4.74 Å². The second kappa shape index (κ2) is 12.6. The number of nitrogens with zero attached hydrogens (tertiary/aromatic N) is 1. The summed E-state index contributed by atoms with van der Waals surface area (Å²) < 4.78 is 34.2. The van der Waals surface area contributed by atoms with Gasteiger partial charge in [-0.3, -0.25) is 0 Å². The molecule has 1 N–H and O–H groups in total. The van der Waals surface area contributed by atoms with Gasteiger partial charge in [-0.25, -0.2) is 4.83 Å². The van der Waals surface area contributed by atoms with Gasteiger partial charge in [-0.1, -0.05) is 96.2 Å². The highest BCUT2D eigenvalue weighted by molar-refractivity contribution is 7.89. The molecule has 0 bridgehead atoms. The fourth-order valence-corrected chi connectivity index (χ4v) is 6.86. The predicted octanol–water partition coefficient (Wildman–Crippen LogP) is 8.04. The second-order valence-corrected chi connectivity index (χ2v) is 13.2. The Morgan fingerprint density at radius 2 is 1.63 bits per heavy atom. The molecule has 1 aliphatic rings. The molecule has 0 radical (unpaired) electrons. The number of nitrogens with one attached hydrogen (secondary N) is 1. The molecule has 0 heterocycles. The molecule has 0 saturated heterocycles. The van der Waals surface area contributed by atoms with Gasteiger partial charge in [0, 0.05) is 0 Å². The summed E-state index contributed by atoms with van der Waals surface area (Å²) in [7, 11) is -3.89. The van der Waals surface area contributed by atoms with E-state index < -0.39 is 15.4 Å². The van der Waals surface area contributed by atoms with Crippen molar-refractivity contribution in [2.75, 3.05) is 0 Å². The fraction of sp³-hybridized carbons (Fsp3) is 0.531. The summed E-state index contributed by atoms with van der Waals surface area (Å²) >= 11 is 0. The van der Waals surface area contributed by atoms with E-state index in [0.717, 1.165) is 47.2 Å². The molecule has 1 fully saturated rings. The Balaban J connectivity index is 1.99. The van der Waals surface area contributed by atoms with E-state index in [9.17, 15) is 8.42 Å². The van der Waals surface area contributed by atoms with E-state index in [1.807, 2.05) is 58.9 Å². The van der Waals surface area contributed by atoms with Gasteiger partial charge >= 0.3 is 0 Å². The number of hydrogen-bond donors (Lipinski definition) is 1. The molecular weight excluding hydrogens is 492 g/mol. The van der Waals surface area contributed by atoms with Crippen molar-refractivity contribution in [1.29, 1.82) is 0 Å². The van der Waals surface area contributed by atoms with Crippen LogP contribution in [-0.4, -0.2) is 20.2 Å². The number of sulfonamides is 1. The zero-order valence-electron chi connectivity index (χ0n) is 24.4. The van der Waals surface area contributed by atoms with E-state index in [1.54, 1.807) is 0 Å². The van der Waals surface area contributed by atoms with Crippen LogP contribution in [0.2, 0.25) is 0 Å². The zero-order chi connectivity index (χ0) is 28.1. The minimum Gasteiger partial charge on any atom is -0.372 e. The highest BCUT2D eigenvalue weighted by atomic mass is 32.2. The quantitative estimate of drug-likeness (QED) is 0.246. The molecule has 208 valence electrons. The van der Waals surface area contributed by atoms with Crippen LogP contribution in [0.5, 0.6) is 0 Å². The Labute approximate surface area is 230 Å². The first-order chi connectivity index (χ1) is 17.9. The van der Waals surface area contributed by atoms with E-state index in [1.165, 1.54) is 0 Å². The van der Waals surface area contributed by atoms with E-state index in [2.05, 4.69) is 61.0 Å². The number of allylic oxidation sites excluding steroid dienone is 1. The molecule has 0 unspecified atom stereocenters. The monoisotopic (exact) mass is 538 g/mol. The van der Waals surface area contributed by atoms with Gasteiger partial charge in [0.05, 0.1) is 28.7 Å². The van der Waals surface area contributed by atoms with Gasteiger partial charge in [0.1, 0.15) is 0 Å². The highest BCUT2D eigenvalue weighted by Gasteiger charge is 2.41. The first kappa shape index (κ1) is 30.1. The molecule has 0 spiro atoms. The van der Waals surface area contributed by atoms with Gasteiger partial charge in [0.15, 0.2) is 0 Å². The Kier molecular flexibility index (Phi) is 9.99. The van der Waals surface area contributed by atoms with Gasteiger partial charge in [-0.05, 0) is 73.1 Å². The van der Waals surface area contributed by atoms with Gasteiger partial charge in [-0.2, -0.15) is 13.5 Å². The number of hydrogen-bond acceptors (Lipinski definition) is 4. The first-order valence-corrected chi connectivity index (χ1v) is 15.4. The van der Waals surface area contributed by atoms with Gasteiger partial charge < -0.3 is 4.74 Å². The third kappa shape index (κ3) is 6.76. The lowest BCUT2D eigenvalue weighted by atomic mass is 9.71. The summed E-state index contributed by atoms with van der Waals surface area (Å²) in [5, 5.41) is 4.61. The molecular formula is C32H46N2O3S. The van der Waals surface area contributed by atoms with Gasteiger partial charge in [-0.15, -0.1) is 0 Å². The summed E-state index contributed by atoms with van der Waals surface area (Å²) in [4.78, 5) is 3.03. The van der Waals surface area contributed by atoms with Crippen LogP contribution in [-0.2, 0) is 21.4 Å². The van der Waals surface area contributed by atoms with Crippen LogP contribution in [0.15, 0.2) is 64.6 Å². The average Bonchev–Trinajstić information content (AvgIpc) is 2.87. The molecule has 38 heavy (non-hydrogen) atoms. The largest absolute Gasteiger partial charge is 0.372 e. The molecule has 3 rings (SSSR count). The molecule has 0 aliphatic heterocycles. The molecule has 1 saturated carbocycles. The van der Waals surface area contributed by atoms with Crippen LogP contribution in [0.1, 0.15) is 115 Å². The highest BCUT2D eigenvalue weighted by Crippen LogP contribution is 2.39. The van der Waals surface area contributed by atoms with Crippen molar-refractivity contribution in [3.63, 3.8) is 0 Å². The van der Waals surface area contributed by atoms with Crippen molar-refractivity contribution >= 4 is 15.7 Å². The fourth-order valence-electron chi connectivity index (χ4n) is 5.32. The van der Waals surface area contributed by atoms with Gasteiger partial charge in [0.25, 0.3) is 10.0 Å². The maximum absolute atomic E-state index is 13.9. The maximum atomic E-state index is 13.9. The third-order valence-corrected chi connectivity index (χ3v) is 8.97. The van der Waals surface area contributed by atoms with Crippen LogP contribution >= 0.6 is 0 Å². The van der Waals surface area contributed by atoms with Crippen molar-refractivity contribution in [2.24, 2.45) is 10.5 Å². The summed E-state index contributed by atoms with van der Waals surface area (Å²) in [5.74, 6) is 0.430. The Bertz CT molecular complexity index is 1220. The van der Waals surface area contributed by atoms with Crippen LogP contribution in [0, 0.1) is 5.41 Å². The third-order valence-electron chi connectivity index (χ3n) is 7.63. The number of ether oxygens (including phenoxy) is 1. The average molecular weight is 539 g/mol. The molecule has 2 aromatic carbocycles. The SMILES string of the molecule is C/C=C\[C@@]1(C)/C(=N/NS(=O)(=O)c2c(C(C)C)cc(C(C)C)cc2C(C)C)CCC[C@@H]1OCc1ccccc1. The maximum Gasteiger partial charge on any atom is 0.277 e. The number of benzene rings is 2. The van der Waals surface area contributed by atoms with E-state index in [-0.39, 0.29) is 17.9 Å². The minimum atomic E-state index is -3.89. The van der Waals surface area contributed by atoms with E-state index in [0.29, 0.717) is 17.4 Å². The first-order valence-electron chi connectivity index (χ1n) is 14.0. The van der Waals surface area contributed by atoms with Gasteiger partial charge in [0.2, 0.25) is 0 Å². The Morgan fingerprint density at radius 3 is 2.16 bits per heavy atom. The smallest absolute Gasteiger partial charge is 0.277 e. The van der Waals surface area contributed by atoms with Crippen molar-refractivity contribution in [3.05, 3.63) is 76.9 Å². The standard InChI is InChI=1S/C32H46N2O3S/c1-9-18-32(8)29(16-13-17-30(32)37-21-25-14-11-10-12-15-25)33-34-38(35,36)31-27(23(4)5)19-26(22(2)3)20-28(31)24(6)7/h9-12,14-15,18-20,22-24,30,34H,13,16-17,21H2,1-8H3/b18-9-,33-29+/t30-,32-/m0/s1. The predicted molar refractivity (Wildman–Crippen MR) is 158 cm³/mol. The van der Waals surface area contributed by atoms with Crippen molar-refractivity contribution in [1.82, 2.24) is 4.83 Å². The number of hydrazone groups is 1. The summed E-state index contributed by atoms with van der Waals surface area (Å²) in [5.41, 5.74) is 4.27. The summed E-state index contributed by atoms with van der Waals surface area (Å²) in [6, 6.07) is 14.2. The Morgan fingerprint density at radius 1 is 1.03 bits per heavy atom. The lowest BCUT2D eigenvalue weighted by Gasteiger charge is -2.40. The molecule has 0 aromatic heterocycles. The van der Waals surface area contributed by atoms with Crippen molar-refractivity contribution < 1.29 is 13.2 Å². The lowest BCUT2D eigenvalue weighted by molar-refractivity contribution is -0.0121. The molecule has 6 heteroatoms. The zero-order valence-corrected chi connectivity index (χ0v) is 25.2. The van der Waals surface area contributed by atoms with Crippen LogP contribution in [0.4, 0.5) is 0 Å². The molecule has 1 aliphatic carbocycles. The van der Waals surface area contributed by atoms with E-state index >= 15 is 0 Å². The van der Waals surface area contributed by atoms with Crippen LogP contribution in [0.3, 0.4) is 0 Å². The molecule has 2 aromatic rings. The van der Waals surface area contributed by atoms with Crippen molar-refractivity contribution in [2.45, 2.75) is 110 Å². The lowest BCUT2D eigenvalue weighted by Crippen LogP contribution is -2.44. The number of rotatable bonds is 10. The van der Waals surface area contributed by atoms with Crippen LogP contribution in [0.25, 0.3) is 0 Å². The molecule has 5 nitrogen and oxygen atoms in total. The Hall–Kier alpha value is -2.44. The topological polar surface area (TPSA) is 67.8 Å². The second-order valence-electron chi connectivity index (χ2n) is 11.6. The normalized spacial score (nSPS) is 21.8. The summed E-state index contributed by atoms with van der Waals surface area (Å²) in [6.07, 6.45) is 6.52. The van der Waals surface area contributed by atoms with Crippen molar-refractivity contribution in [3.8, 4) is 0 Å². The molecule has 2 atom stereocenters. The minimum absolute atomic E-state index is 0.0594. The van der Waals surface area contributed by atoms with Crippen LogP contribution < -0.4 is 4.83 Å². The molecule has 0 amide bonds.